The second kappa shape index (κ2) is 5.84. The highest BCUT2D eigenvalue weighted by Gasteiger charge is 2.37. The summed E-state index contributed by atoms with van der Waals surface area (Å²) in [5.41, 5.74) is 0. The molecule has 2 heterocycles. The summed E-state index contributed by atoms with van der Waals surface area (Å²) in [6.07, 6.45) is 7.27. The van der Waals surface area contributed by atoms with Crippen molar-refractivity contribution in [3.8, 4) is 6.07 Å². The van der Waals surface area contributed by atoms with Crippen LogP contribution in [0.25, 0.3) is 0 Å². The Kier molecular flexibility index (Phi) is 4.42. The lowest BCUT2D eigenvalue weighted by Crippen LogP contribution is -2.51. The van der Waals surface area contributed by atoms with Crippen molar-refractivity contribution in [1.29, 1.82) is 5.26 Å². The van der Waals surface area contributed by atoms with Crippen molar-refractivity contribution in [2.24, 2.45) is 0 Å². The summed E-state index contributed by atoms with van der Waals surface area (Å²) >= 11 is 0. The van der Waals surface area contributed by atoms with Crippen molar-refractivity contribution < 1.29 is 0 Å². The van der Waals surface area contributed by atoms with E-state index < -0.39 is 0 Å². The van der Waals surface area contributed by atoms with Gasteiger partial charge in [0.05, 0.1) is 12.1 Å². The molecule has 0 radical (unpaired) electrons. The number of fused-ring (bicyclic) bond motifs is 2. The van der Waals surface area contributed by atoms with Gasteiger partial charge in [-0.05, 0) is 45.1 Å². The topological polar surface area (TPSA) is 39.1 Å². The van der Waals surface area contributed by atoms with Crippen LogP contribution in [0.2, 0.25) is 0 Å². The van der Waals surface area contributed by atoms with Gasteiger partial charge in [-0.3, -0.25) is 4.90 Å². The Labute approximate surface area is 105 Å². The second-order valence-corrected chi connectivity index (χ2v) is 5.55. The minimum atomic E-state index is 0.123. The van der Waals surface area contributed by atoms with Crippen LogP contribution in [0.4, 0.5) is 0 Å². The summed E-state index contributed by atoms with van der Waals surface area (Å²) in [7, 11) is 0. The van der Waals surface area contributed by atoms with Gasteiger partial charge in [-0.15, -0.1) is 0 Å². The van der Waals surface area contributed by atoms with Crippen molar-refractivity contribution in [2.75, 3.05) is 6.54 Å². The molecule has 2 bridgehead atoms. The molecule has 17 heavy (non-hydrogen) atoms. The first-order valence-electron chi connectivity index (χ1n) is 7.19. The normalized spacial score (nSPS) is 33.6. The zero-order valence-electron chi connectivity index (χ0n) is 11.2. The van der Waals surface area contributed by atoms with Crippen LogP contribution in [-0.2, 0) is 0 Å². The van der Waals surface area contributed by atoms with Crippen LogP contribution in [-0.4, -0.2) is 35.6 Å². The predicted molar refractivity (Wildman–Crippen MR) is 69.7 cm³/mol. The van der Waals surface area contributed by atoms with E-state index in [1.54, 1.807) is 0 Å². The number of hydrogen-bond acceptors (Lipinski definition) is 3. The lowest BCUT2D eigenvalue weighted by Gasteiger charge is -2.39. The van der Waals surface area contributed by atoms with Crippen LogP contribution >= 0.6 is 0 Å². The number of nitrogens with one attached hydrogen (secondary N) is 1. The first-order chi connectivity index (χ1) is 8.28. The first kappa shape index (κ1) is 12.9. The van der Waals surface area contributed by atoms with Gasteiger partial charge in [-0.1, -0.05) is 13.8 Å². The molecule has 3 atom stereocenters. The van der Waals surface area contributed by atoms with Gasteiger partial charge in [0.25, 0.3) is 0 Å². The number of nitrogens with zero attached hydrogens (tertiary/aromatic N) is 2. The van der Waals surface area contributed by atoms with Gasteiger partial charge in [0.1, 0.15) is 0 Å². The van der Waals surface area contributed by atoms with E-state index in [2.05, 4.69) is 30.1 Å². The molecule has 0 aromatic heterocycles. The fourth-order valence-corrected chi connectivity index (χ4v) is 3.55. The van der Waals surface area contributed by atoms with E-state index in [1.807, 2.05) is 0 Å². The Morgan fingerprint density at radius 2 is 1.94 bits per heavy atom. The predicted octanol–water partition coefficient (Wildman–Crippen LogP) is 2.28. The Hall–Kier alpha value is -0.590. The molecule has 0 amide bonds. The van der Waals surface area contributed by atoms with E-state index in [4.69, 9.17) is 0 Å². The maximum atomic E-state index is 9.29. The van der Waals surface area contributed by atoms with Gasteiger partial charge in [-0.25, -0.2) is 0 Å². The molecule has 0 spiro atoms. The molecular weight excluding hydrogens is 210 g/mol. The molecule has 0 aliphatic carbocycles. The van der Waals surface area contributed by atoms with Crippen LogP contribution < -0.4 is 5.32 Å². The van der Waals surface area contributed by atoms with Crippen molar-refractivity contribution in [3.05, 3.63) is 0 Å². The van der Waals surface area contributed by atoms with Crippen molar-refractivity contribution >= 4 is 0 Å². The Balaban J connectivity index is 2.03. The van der Waals surface area contributed by atoms with E-state index in [-0.39, 0.29) is 6.04 Å². The monoisotopic (exact) mass is 235 g/mol. The molecule has 2 aliphatic heterocycles. The van der Waals surface area contributed by atoms with Crippen molar-refractivity contribution in [1.82, 2.24) is 10.2 Å². The highest BCUT2D eigenvalue weighted by Crippen LogP contribution is 2.31. The summed E-state index contributed by atoms with van der Waals surface area (Å²) in [5, 5.41) is 13.0. The summed E-state index contributed by atoms with van der Waals surface area (Å²) < 4.78 is 0. The average molecular weight is 235 g/mol. The van der Waals surface area contributed by atoms with Crippen LogP contribution in [0.3, 0.4) is 0 Å². The molecule has 3 heteroatoms. The summed E-state index contributed by atoms with van der Waals surface area (Å²) in [6, 6.07) is 4.68. The molecule has 3 unspecified atom stereocenters. The third-order valence-electron chi connectivity index (χ3n) is 4.34. The zero-order valence-corrected chi connectivity index (χ0v) is 11.2. The Bertz CT molecular complexity index is 272. The molecule has 2 fully saturated rings. The third kappa shape index (κ3) is 2.81. The smallest absolute Gasteiger partial charge is 0.0977 e. The largest absolute Gasteiger partial charge is 0.311 e. The molecule has 2 saturated heterocycles. The van der Waals surface area contributed by atoms with Gasteiger partial charge in [0.2, 0.25) is 0 Å². The number of hydrogen-bond donors (Lipinski definition) is 1. The highest BCUT2D eigenvalue weighted by molar-refractivity contribution is 5.00. The molecule has 0 saturated carbocycles. The van der Waals surface area contributed by atoms with Gasteiger partial charge < -0.3 is 5.32 Å². The maximum absolute atomic E-state index is 9.29. The van der Waals surface area contributed by atoms with Crippen molar-refractivity contribution in [2.45, 2.75) is 76.5 Å². The van der Waals surface area contributed by atoms with Crippen LogP contribution in [0.1, 0.15) is 52.4 Å². The van der Waals surface area contributed by atoms with E-state index >= 15 is 0 Å². The average Bonchev–Trinajstić information content (AvgIpc) is 2.68. The fourth-order valence-electron chi connectivity index (χ4n) is 3.55. The van der Waals surface area contributed by atoms with E-state index in [9.17, 15) is 5.26 Å². The minimum absolute atomic E-state index is 0.123. The van der Waals surface area contributed by atoms with Gasteiger partial charge >= 0.3 is 0 Å². The third-order valence-corrected chi connectivity index (χ3v) is 4.34. The van der Waals surface area contributed by atoms with Crippen LogP contribution in [0, 0.1) is 11.3 Å². The molecule has 1 N–H and O–H groups in total. The minimum Gasteiger partial charge on any atom is -0.311 e. The maximum Gasteiger partial charge on any atom is 0.0977 e. The molecule has 0 aromatic carbocycles. The highest BCUT2D eigenvalue weighted by atomic mass is 15.2. The van der Waals surface area contributed by atoms with Gasteiger partial charge in [0.15, 0.2) is 0 Å². The van der Waals surface area contributed by atoms with Crippen LogP contribution in [0.5, 0.6) is 0 Å². The molecule has 2 aliphatic rings. The van der Waals surface area contributed by atoms with Crippen LogP contribution in [0.15, 0.2) is 0 Å². The number of rotatable bonds is 5. The summed E-state index contributed by atoms with van der Waals surface area (Å²) in [6.45, 7) is 5.43. The molecule has 0 aromatic rings. The second-order valence-electron chi connectivity index (χ2n) is 5.55. The Morgan fingerprint density at radius 3 is 2.41 bits per heavy atom. The van der Waals surface area contributed by atoms with Gasteiger partial charge in [-0.2, -0.15) is 5.26 Å². The van der Waals surface area contributed by atoms with E-state index in [0.29, 0.717) is 18.1 Å². The lowest BCUT2D eigenvalue weighted by molar-refractivity contribution is 0.114. The standard InChI is InChI=1S/C14H25N3/c1-3-7-17(13(4-2)10-15)14-8-11-5-6-12(9-14)16-11/h11-14,16H,3-9H2,1-2H3. The number of nitriles is 1. The molecular formula is C14H25N3. The van der Waals surface area contributed by atoms with E-state index in [0.717, 1.165) is 19.4 Å². The zero-order chi connectivity index (χ0) is 12.3. The first-order valence-corrected chi connectivity index (χ1v) is 7.19. The van der Waals surface area contributed by atoms with Crippen molar-refractivity contribution in [3.63, 3.8) is 0 Å². The molecule has 96 valence electrons. The van der Waals surface area contributed by atoms with Gasteiger partial charge in [0, 0.05) is 18.1 Å². The summed E-state index contributed by atoms with van der Waals surface area (Å²) in [5.74, 6) is 0. The van der Waals surface area contributed by atoms with E-state index in [1.165, 1.54) is 25.7 Å². The molecule has 3 nitrogen and oxygen atoms in total. The Morgan fingerprint density at radius 1 is 1.29 bits per heavy atom. The quantitative estimate of drug-likeness (QED) is 0.794. The lowest BCUT2D eigenvalue weighted by atomic mass is 9.96. The fraction of sp³-hybridized carbons (Fsp3) is 0.929. The summed E-state index contributed by atoms with van der Waals surface area (Å²) in [4.78, 5) is 2.48. The number of piperidine rings is 1. The SMILES string of the molecule is CCCN(C(C#N)CC)C1CC2CCC(C1)N2. The molecule has 2 rings (SSSR count).